The molecule has 0 saturated carbocycles. The second-order valence-electron chi connectivity index (χ2n) is 13.4. The van der Waals surface area contributed by atoms with E-state index in [4.69, 9.17) is 23.1 Å². The van der Waals surface area contributed by atoms with Gasteiger partial charge >= 0.3 is 5.97 Å². The summed E-state index contributed by atoms with van der Waals surface area (Å²) in [6.07, 6.45) is 4.59. The molecule has 53 heavy (non-hydrogen) atoms. The molecule has 3 aromatic rings. The maximum absolute atomic E-state index is 13.9. The lowest BCUT2D eigenvalue weighted by molar-refractivity contribution is -0.142. The molecule has 0 saturated heterocycles. The number of aliphatic imine (C=N–C) groups is 1. The highest BCUT2D eigenvalue weighted by Crippen LogP contribution is 2.16. The van der Waals surface area contributed by atoms with Crippen LogP contribution in [0.25, 0.3) is 5.69 Å². The van der Waals surface area contributed by atoms with Crippen LogP contribution in [0.3, 0.4) is 0 Å². The van der Waals surface area contributed by atoms with Crippen molar-refractivity contribution in [2.24, 2.45) is 28.3 Å². The molecule has 0 radical (unpaired) electrons. The van der Waals surface area contributed by atoms with Crippen LogP contribution in [-0.2, 0) is 25.6 Å². The number of aliphatic carboxylic acids is 1. The van der Waals surface area contributed by atoms with Gasteiger partial charge in [-0.3, -0.25) is 24.2 Å². The Kier molecular flexibility index (Phi) is 16.4. The standard InChI is InChI=1S/C38H51ClN8O6/c1-5-24(4)32(36(51)45-31(37(52)53)21-25-10-7-6-8-11-25)46-35(50)30(20-23(2)3)44-34(49)29(12-9-18-42-38(40)41)43-33(48)26-17-19-47(22-26)28-15-13-27(39)14-16-28/h6-8,10-11,13-17,19,22-24,29-32H,5,9,12,18,20-21H2,1-4H3,(H,43,48)(H,44,49)(H,45,51)(H,46,50)(H,52,53)(H4,40,41,42)/t24-,29-,30-,31-,32-/m0/s1. The van der Waals surface area contributed by atoms with Gasteiger partial charge in [0, 0.05) is 36.1 Å². The van der Waals surface area contributed by atoms with E-state index in [-0.39, 0.29) is 43.6 Å². The highest BCUT2D eigenvalue weighted by Gasteiger charge is 2.34. The molecular formula is C38H51ClN8O6. The van der Waals surface area contributed by atoms with Crippen LogP contribution < -0.4 is 32.7 Å². The fraction of sp³-hybridized carbons (Fsp3) is 0.421. The van der Waals surface area contributed by atoms with Gasteiger partial charge in [-0.15, -0.1) is 0 Å². The number of hydrogen-bond acceptors (Lipinski definition) is 6. The van der Waals surface area contributed by atoms with Crippen molar-refractivity contribution in [3.05, 3.63) is 89.2 Å². The number of carboxylic acids is 1. The number of halogens is 1. The molecule has 0 bridgehead atoms. The molecule has 0 unspecified atom stereocenters. The lowest BCUT2D eigenvalue weighted by Crippen LogP contribution is -2.59. The molecule has 0 aliphatic rings. The van der Waals surface area contributed by atoms with Crippen molar-refractivity contribution in [3.63, 3.8) is 0 Å². The maximum Gasteiger partial charge on any atom is 0.326 e. The maximum atomic E-state index is 13.9. The van der Waals surface area contributed by atoms with E-state index in [9.17, 15) is 29.1 Å². The van der Waals surface area contributed by atoms with E-state index < -0.39 is 53.8 Å². The zero-order valence-corrected chi connectivity index (χ0v) is 31.3. The molecule has 286 valence electrons. The predicted octanol–water partition coefficient (Wildman–Crippen LogP) is 3.16. The molecule has 0 spiro atoms. The molecule has 0 aliphatic heterocycles. The highest BCUT2D eigenvalue weighted by molar-refractivity contribution is 6.30. The number of carbonyl (C=O) groups is 5. The van der Waals surface area contributed by atoms with Gasteiger partial charge in [0.15, 0.2) is 5.96 Å². The number of nitrogens with two attached hydrogens (primary N) is 2. The summed E-state index contributed by atoms with van der Waals surface area (Å²) in [5, 5.41) is 21.4. The number of benzene rings is 2. The zero-order valence-electron chi connectivity index (χ0n) is 30.6. The molecular weight excluding hydrogens is 700 g/mol. The Morgan fingerprint density at radius 2 is 1.47 bits per heavy atom. The van der Waals surface area contributed by atoms with Crippen LogP contribution in [0.5, 0.6) is 0 Å². The minimum absolute atomic E-state index is 0.0493. The summed E-state index contributed by atoms with van der Waals surface area (Å²) in [5.41, 5.74) is 12.7. The van der Waals surface area contributed by atoms with Gasteiger partial charge in [-0.25, -0.2) is 4.79 Å². The predicted molar refractivity (Wildman–Crippen MR) is 204 cm³/mol. The minimum Gasteiger partial charge on any atom is -0.480 e. The third-order valence-electron chi connectivity index (χ3n) is 8.68. The minimum atomic E-state index is -1.23. The fourth-order valence-electron chi connectivity index (χ4n) is 5.56. The van der Waals surface area contributed by atoms with Crippen LogP contribution in [0.2, 0.25) is 5.02 Å². The molecule has 2 aromatic carbocycles. The summed E-state index contributed by atoms with van der Waals surface area (Å²) in [7, 11) is 0. The van der Waals surface area contributed by atoms with Crippen molar-refractivity contribution in [2.75, 3.05) is 6.54 Å². The Labute approximate surface area is 315 Å². The summed E-state index contributed by atoms with van der Waals surface area (Å²) in [6, 6.07) is 13.1. The number of aromatic nitrogens is 1. The third-order valence-corrected chi connectivity index (χ3v) is 8.93. The van der Waals surface area contributed by atoms with Gasteiger partial charge in [-0.1, -0.05) is 76.0 Å². The summed E-state index contributed by atoms with van der Waals surface area (Å²) in [6.45, 7) is 7.59. The van der Waals surface area contributed by atoms with Crippen molar-refractivity contribution >= 4 is 47.2 Å². The molecule has 1 aromatic heterocycles. The van der Waals surface area contributed by atoms with Gasteiger partial charge in [0.05, 0.1) is 5.56 Å². The number of rotatable bonds is 20. The van der Waals surface area contributed by atoms with E-state index in [1.807, 2.05) is 26.8 Å². The quantitative estimate of drug-likeness (QED) is 0.0515. The average molecular weight is 751 g/mol. The first kappa shape index (κ1) is 42.0. The van der Waals surface area contributed by atoms with Gasteiger partial charge in [-0.2, -0.15) is 0 Å². The van der Waals surface area contributed by atoms with Gasteiger partial charge in [-0.05, 0) is 67.0 Å². The molecule has 14 nitrogen and oxygen atoms in total. The first-order chi connectivity index (χ1) is 25.2. The van der Waals surface area contributed by atoms with E-state index in [2.05, 4.69) is 26.3 Å². The number of carbonyl (C=O) groups excluding carboxylic acids is 4. The largest absolute Gasteiger partial charge is 0.480 e. The van der Waals surface area contributed by atoms with Crippen molar-refractivity contribution < 1.29 is 29.1 Å². The Morgan fingerprint density at radius 3 is 2.08 bits per heavy atom. The molecule has 15 heteroatoms. The van der Waals surface area contributed by atoms with Crippen molar-refractivity contribution in [1.29, 1.82) is 0 Å². The lowest BCUT2D eigenvalue weighted by Gasteiger charge is -2.29. The van der Waals surface area contributed by atoms with Crippen molar-refractivity contribution in [2.45, 2.75) is 84.0 Å². The van der Waals surface area contributed by atoms with E-state index >= 15 is 0 Å². The number of guanidine groups is 1. The number of nitrogens with zero attached hydrogens (tertiary/aromatic N) is 2. The van der Waals surface area contributed by atoms with E-state index in [0.29, 0.717) is 23.4 Å². The molecule has 0 fully saturated rings. The van der Waals surface area contributed by atoms with Gasteiger partial charge in [0.2, 0.25) is 17.7 Å². The smallest absolute Gasteiger partial charge is 0.326 e. The normalized spacial score (nSPS) is 13.8. The number of nitrogens with one attached hydrogen (secondary N) is 4. The van der Waals surface area contributed by atoms with Crippen LogP contribution >= 0.6 is 11.6 Å². The number of amides is 4. The average Bonchev–Trinajstić information content (AvgIpc) is 3.62. The summed E-state index contributed by atoms with van der Waals surface area (Å²) in [5.74, 6) is -4.14. The van der Waals surface area contributed by atoms with Crippen LogP contribution in [0, 0.1) is 11.8 Å². The second-order valence-corrected chi connectivity index (χ2v) is 13.8. The van der Waals surface area contributed by atoms with E-state index in [1.54, 1.807) is 78.5 Å². The monoisotopic (exact) mass is 750 g/mol. The topological polar surface area (TPSA) is 223 Å². The zero-order chi connectivity index (χ0) is 39.1. The Bertz CT molecular complexity index is 1710. The van der Waals surface area contributed by atoms with Gasteiger partial charge < -0.3 is 42.4 Å². The Hall–Kier alpha value is -5.37. The molecule has 1 heterocycles. The van der Waals surface area contributed by atoms with Crippen LogP contribution in [0.4, 0.5) is 0 Å². The van der Waals surface area contributed by atoms with E-state index in [0.717, 1.165) is 11.3 Å². The molecule has 5 atom stereocenters. The number of carboxylic acid groups (broad SMARTS) is 1. The molecule has 3 rings (SSSR count). The summed E-state index contributed by atoms with van der Waals surface area (Å²) >= 11 is 6.01. The van der Waals surface area contributed by atoms with Crippen molar-refractivity contribution in [1.82, 2.24) is 25.8 Å². The summed E-state index contributed by atoms with van der Waals surface area (Å²) < 4.78 is 1.74. The SMILES string of the molecule is CC[C@H](C)[C@H](NC(=O)[C@H](CC(C)C)NC(=O)[C@H](CCCN=C(N)N)NC(=O)c1ccn(-c2ccc(Cl)cc2)c1)C(=O)N[C@@H](Cc1ccccc1)C(=O)O. The van der Waals surface area contributed by atoms with Gasteiger partial charge in [0.25, 0.3) is 5.91 Å². The van der Waals surface area contributed by atoms with E-state index in [1.165, 1.54) is 0 Å². The second kappa shape index (κ2) is 20.6. The first-order valence-corrected chi connectivity index (χ1v) is 18.0. The van der Waals surface area contributed by atoms with Crippen LogP contribution in [0.15, 0.2) is 78.0 Å². The van der Waals surface area contributed by atoms with Crippen LogP contribution in [0.1, 0.15) is 69.3 Å². The molecule has 9 N–H and O–H groups in total. The first-order valence-electron chi connectivity index (χ1n) is 17.7. The lowest BCUT2D eigenvalue weighted by atomic mass is 9.96. The number of hydrogen-bond donors (Lipinski definition) is 7. The highest BCUT2D eigenvalue weighted by atomic mass is 35.5. The third kappa shape index (κ3) is 13.6. The van der Waals surface area contributed by atoms with Crippen LogP contribution in [-0.4, -0.2) is 75.9 Å². The summed E-state index contributed by atoms with van der Waals surface area (Å²) in [4.78, 5) is 70.7. The molecule has 4 amide bonds. The molecule has 0 aliphatic carbocycles. The van der Waals surface area contributed by atoms with Gasteiger partial charge in [0.1, 0.15) is 24.2 Å². The Balaban J connectivity index is 1.79. The van der Waals surface area contributed by atoms with Crippen molar-refractivity contribution in [3.8, 4) is 5.69 Å². The fourth-order valence-corrected chi connectivity index (χ4v) is 5.69. The Morgan fingerprint density at radius 1 is 0.830 bits per heavy atom.